The Morgan fingerprint density at radius 2 is 0.805 bits per heavy atom. The summed E-state index contributed by atoms with van der Waals surface area (Å²) in [6, 6.07) is 37.4. The van der Waals surface area contributed by atoms with Gasteiger partial charge in [-0.2, -0.15) is 40.8 Å². The molecular weight excluding hydrogens is 1610 g/mol. The normalized spacial score (nSPS) is 18.1. The van der Waals surface area contributed by atoms with Gasteiger partial charge in [-0.25, -0.2) is 44.7 Å². The van der Waals surface area contributed by atoms with Gasteiger partial charge in [0, 0.05) is 247 Å². The maximum absolute atomic E-state index is 11.7. The Labute approximate surface area is 740 Å². The van der Waals surface area contributed by atoms with Crippen LogP contribution in [0.1, 0.15) is 64.2 Å². The number of nitrogens with two attached hydrogens (primary N) is 2. The van der Waals surface area contributed by atoms with Gasteiger partial charge < -0.3 is 47.5 Å². The van der Waals surface area contributed by atoms with Crippen molar-refractivity contribution in [3.8, 4) is 135 Å². The predicted molar refractivity (Wildman–Crippen MR) is 492 cm³/mol. The average Bonchev–Trinajstić information content (AvgIpc) is 1.56. The maximum atomic E-state index is 11.7. The minimum atomic E-state index is -0.244. The Bertz CT molecular complexity index is 6620. The molecule has 16 aromatic rings. The van der Waals surface area contributed by atoms with E-state index in [1.54, 1.807) is 43.9 Å². The van der Waals surface area contributed by atoms with Crippen molar-refractivity contribution in [1.29, 1.82) is 0 Å². The summed E-state index contributed by atoms with van der Waals surface area (Å²) in [5, 5.41) is 58.1. The summed E-state index contributed by atoms with van der Waals surface area (Å²) in [5.74, 6) is 5.77. The van der Waals surface area contributed by atoms with Gasteiger partial charge in [-0.15, -0.1) is 0 Å². The minimum Gasteiger partial charge on any atom is -0.448 e. The smallest absolute Gasteiger partial charge is 0.409 e. The first-order valence-corrected chi connectivity index (χ1v) is 43.0. The maximum Gasteiger partial charge on any atom is 0.409 e. The molecule has 1 aliphatic heterocycles. The first kappa shape index (κ1) is 84.1. The highest BCUT2D eigenvalue weighted by molar-refractivity contribution is 5.82. The molecule has 128 heavy (non-hydrogen) atoms. The number of anilines is 4. The Morgan fingerprint density at radius 3 is 1.16 bits per heavy atom. The molecule has 652 valence electrons. The summed E-state index contributed by atoms with van der Waals surface area (Å²) in [4.78, 5) is 51.7. The molecule has 0 radical (unpaired) electrons. The lowest BCUT2D eigenvalue weighted by molar-refractivity contribution is 0.00112. The predicted octanol–water partition coefficient (Wildman–Crippen LogP) is 12.9. The first-order valence-electron chi connectivity index (χ1n) is 43.0. The zero-order valence-electron chi connectivity index (χ0n) is 72.9. The first-order chi connectivity index (χ1) is 62.1. The van der Waals surface area contributed by atoms with E-state index in [0.29, 0.717) is 91.6 Å². The molecule has 34 heteroatoms. The number of aliphatic hydroxyl groups is 1. The van der Waals surface area contributed by atoms with Crippen LogP contribution >= 0.6 is 0 Å². The molecule has 34 nitrogen and oxygen atoms in total. The number of carbonyl (C=O) groups is 1. The number of amides is 1. The number of nitrogens with one attached hydrogen (secondary N) is 4. The van der Waals surface area contributed by atoms with E-state index >= 15 is 0 Å². The van der Waals surface area contributed by atoms with Crippen LogP contribution in [-0.2, 0) is 61.1 Å². The highest BCUT2D eigenvalue weighted by Gasteiger charge is 2.59. The molecular formula is C94H103N31O3. The molecule has 0 atom stereocenters. The van der Waals surface area contributed by atoms with E-state index in [-0.39, 0.29) is 23.8 Å². The number of aryl methyl sites for hydroxylation is 8. The van der Waals surface area contributed by atoms with Crippen LogP contribution < -0.4 is 32.7 Å². The van der Waals surface area contributed by atoms with Crippen molar-refractivity contribution in [3.63, 3.8) is 0 Å². The van der Waals surface area contributed by atoms with Gasteiger partial charge in [-0.05, 0) is 128 Å². The molecule has 1 spiro atoms. The lowest BCUT2D eigenvalue weighted by Crippen LogP contribution is -2.57. The number of carbonyl (C=O) groups excluding carboxylic acids is 1. The highest BCUT2D eigenvalue weighted by Crippen LogP contribution is 2.57. The summed E-state index contributed by atoms with van der Waals surface area (Å²) in [6.07, 6.45) is 44.2. The second-order valence-corrected chi connectivity index (χ2v) is 34.2. The number of aromatic nitrogens is 24. The third-order valence-corrected chi connectivity index (χ3v) is 24.1. The number of hydrogen-bond donors (Lipinski definition) is 7. The number of hydrogen-bond acceptors (Lipinski definition) is 25. The molecule has 5 aliphatic carbocycles. The number of cyclic esters (lactones) is 1. The van der Waals surface area contributed by atoms with Crippen molar-refractivity contribution >= 4 is 29.4 Å². The van der Waals surface area contributed by atoms with Gasteiger partial charge >= 0.3 is 6.09 Å². The van der Waals surface area contributed by atoms with Gasteiger partial charge in [0.15, 0.2) is 23.3 Å². The van der Waals surface area contributed by atoms with Crippen molar-refractivity contribution in [2.75, 3.05) is 60.7 Å². The van der Waals surface area contributed by atoms with Crippen LogP contribution in [0.15, 0.2) is 221 Å². The summed E-state index contributed by atoms with van der Waals surface area (Å²) in [7, 11) is 15.2. The summed E-state index contributed by atoms with van der Waals surface area (Å²) in [6.45, 7) is 3.12. The molecule has 9 N–H and O–H groups in total. The van der Waals surface area contributed by atoms with Crippen molar-refractivity contribution in [2.45, 2.75) is 87.4 Å². The van der Waals surface area contributed by atoms with Crippen molar-refractivity contribution < 1.29 is 14.6 Å². The van der Waals surface area contributed by atoms with E-state index < -0.39 is 0 Å². The van der Waals surface area contributed by atoms with E-state index in [4.69, 9.17) is 51.2 Å². The second kappa shape index (κ2) is 36.1. The van der Waals surface area contributed by atoms with E-state index in [1.807, 2.05) is 233 Å². The van der Waals surface area contributed by atoms with E-state index in [0.717, 1.165) is 181 Å². The largest absolute Gasteiger partial charge is 0.448 e. The molecule has 6 fully saturated rings. The molecule has 1 amide bonds. The van der Waals surface area contributed by atoms with Crippen LogP contribution in [0.4, 0.5) is 28.1 Å². The zero-order chi connectivity index (χ0) is 88.2. The van der Waals surface area contributed by atoms with Gasteiger partial charge in [0.25, 0.3) is 0 Å². The molecule has 6 aliphatic rings. The number of nitrogens with zero attached hydrogens (tertiary/aromatic N) is 25. The van der Waals surface area contributed by atoms with Crippen molar-refractivity contribution in [1.82, 2.24) is 123 Å². The van der Waals surface area contributed by atoms with E-state index in [2.05, 4.69) is 114 Å². The topological polar surface area (TPSA) is 396 Å². The minimum absolute atomic E-state index is 0.00459. The van der Waals surface area contributed by atoms with Crippen LogP contribution in [0.5, 0.6) is 0 Å². The van der Waals surface area contributed by atoms with Gasteiger partial charge in [0.1, 0.15) is 29.9 Å². The monoisotopic (exact) mass is 1710 g/mol. The van der Waals surface area contributed by atoms with Gasteiger partial charge in [-0.1, -0.05) is 72.8 Å². The Morgan fingerprint density at radius 1 is 0.430 bits per heavy atom. The number of fused-ring (bicyclic) bond motifs is 1. The fourth-order valence-corrected chi connectivity index (χ4v) is 17.8. The van der Waals surface area contributed by atoms with Crippen molar-refractivity contribution in [2.24, 2.45) is 73.3 Å². The SMILES string of the molecule is Cn1cc(-c2cccc(-c3ncc(-c4ccn(C)n4)c(NCCCN4CCOC4=O)n3)c2)cn1.Cn1cc(-c2cccc(-c3ncc(-c4ccn(C)n4)c(NCCCO)n3)c2)cn1.Cn1cc(-c2cccc(-c3ncc(-c4cnn(C)c4)c(NC45CCC(N)(C4)C5)n3)c2)cn1.Cn1cc(-c2cccc(-c3ncc(-c4cnn(C)c4)c(NC4CC5(CC(N)C5)C4)n3)c2)cn1. The molecule has 2 bridgehead atoms. The molecule has 0 unspecified atom stereocenters. The molecule has 13 heterocycles. The van der Waals surface area contributed by atoms with Crippen LogP contribution in [0.3, 0.4) is 0 Å². The lowest BCUT2D eigenvalue weighted by Gasteiger charge is -2.57. The third-order valence-electron chi connectivity index (χ3n) is 24.1. The van der Waals surface area contributed by atoms with Crippen LogP contribution in [-0.4, -0.2) is 197 Å². The van der Waals surface area contributed by atoms with E-state index in [1.165, 1.54) is 0 Å². The highest BCUT2D eigenvalue weighted by atomic mass is 16.6. The van der Waals surface area contributed by atoms with Gasteiger partial charge in [0.05, 0.1) is 66.2 Å². The second-order valence-electron chi connectivity index (χ2n) is 34.2. The number of benzene rings is 4. The fourth-order valence-electron chi connectivity index (χ4n) is 17.8. The number of ether oxygens (including phenoxy) is 1. The molecule has 12 aromatic heterocycles. The number of aliphatic hydroxyl groups excluding tert-OH is 1. The summed E-state index contributed by atoms with van der Waals surface area (Å²) in [5.41, 5.74) is 32.5. The Balaban J connectivity index is 0.000000115. The lowest BCUT2D eigenvalue weighted by atomic mass is 9.52. The van der Waals surface area contributed by atoms with Crippen LogP contribution in [0.25, 0.3) is 135 Å². The van der Waals surface area contributed by atoms with Gasteiger partial charge in [-0.3, -0.25) is 37.5 Å². The summed E-state index contributed by atoms with van der Waals surface area (Å²) >= 11 is 0. The molecule has 5 saturated carbocycles. The Kier molecular flexibility index (Phi) is 23.7. The van der Waals surface area contributed by atoms with E-state index in [9.17, 15) is 4.79 Å². The quantitative estimate of drug-likeness (QED) is 0.0261. The number of rotatable bonds is 25. The average molecular weight is 1720 g/mol. The van der Waals surface area contributed by atoms with Crippen LogP contribution in [0.2, 0.25) is 0 Å². The standard InChI is InChI=1S/C25H28N8.C24H26N8O2.C24H26N8.C21H23N7O/c1-32-14-18(11-28-32)16-4-3-5-17(6-16)23-27-13-22(19-12-29-33(2)15-19)24(31-23)30-21-9-25(10-21)7-20(26)8-25;1-30-10-7-21(29-30)20-15-26-22(18-6-3-5-17(13-18)19-14-27-31(2)16-19)28-23(20)25-8-4-9-32-11-12-34-24(32)33;1-31-12-18(9-27-31)16-4-3-5-17(8-16)21-26-11-20(19-10-28-32(2)13-19)22(29-21)30-24-7-6-23(25,14-24)15-24;1-27-9-7-19(26-27)18-13-23-20(25-21(18)22-8-4-10-29)16-6-3-5-15(11-16)17-12-24-28(2)14-17/h3-6,11-15,20-21H,7-10,26H2,1-2H3,(H,27,30,31);3,5-7,10,13-16H,4,8-9,11-12H2,1-2H3,(H,25,26,28);3-5,8-13H,6-7,14-15,25H2,1-2H3,(H,26,29,30);3,5-7,9,11-14,29H,4,8,10H2,1-2H3,(H,22,23,25). The van der Waals surface area contributed by atoms with Gasteiger partial charge in [0.2, 0.25) is 0 Å². The molecule has 22 rings (SSSR count). The molecule has 1 saturated heterocycles. The molecule has 4 aromatic carbocycles. The third kappa shape index (κ3) is 18.9. The zero-order valence-corrected chi connectivity index (χ0v) is 72.9. The van der Waals surface area contributed by atoms with Crippen LogP contribution in [0, 0.1) is 5.41 Å². The fraction of sp³-hybridized carbons (Fsp3) is 0.309. The summed E-state index contributed by atoms with van der Waals surface area (Å²) < 4.78 is 19.3. The van der Waals surface area contributed by atoms with Crippen molar-refractivity contribution in [3.05, 3.63) is 221 Å². The Hall–Kier alpha value is -14.8.